The van der Waals surface area contributed by atoms with Crippen molar-refractivity contribution in [1.29, 1.82) is 5.26 Å². The summed E-state index contributed by atoms with van der Waals surface area (Å²) in [5.74, 6) is 0.742. The summed E-state index contributed by atoms with van der Waals surface area (Å²) in [6, 6.07) is 2.96. The van der Waals surface area contributed by atoms with Crippen LogP contribution >= 0.6 is 0 Å². The fourth-order valence-corrected chi connectivity index (χ4v) is 1.59. The van der Waals surface area contributed by atoms with Crippen molar-refractivity contribution >= 4 is 0 Å². The van der Waals surface area contributed by atoms with Crippen LogP contribution in [0.15, 0.2) is 0 Å². The van der Waals surface area contributed by atoms with Gasteiger partial charge in [0.25, 0.3) is 0 Å². The van der Waals surface area contributed by atoms with Crippen LogP contribution in [0.25, 0.3) is 0 Å². The highest BCUT2D eigenvalue weighted by molar-refractivity contribution is 4.92. The summed E-state index contributed by atoms with van der Waals surface area (Å²) in [5.41, 5.74) is -0.189. The van der Waals surface area contributed by atoms with E-state index in [1.807, 2.05) is 13.8 Å². The molecule has 0 spiro atoms. The second-order valence-electron chi connectivity index (χ2n) is 5.70. The average molecular weight is 210 g/mol. The van der Waals surface area contributed by atoms with Gasteiger partial charge in [0.15, 0.2) is 0 Å². The van der Waals surface area contributed by atoms with Gasteiger partial charge in [0.05, 0.1) is 11.5 Å². The van der Waals surface area contributed by atoms with Crippen molar-refractivity contribution in [3.05, 3.63) is 0 Å². The first kappa shape index (κ1) is 14.5. The summed E-state index contributed by atoms with van der Waals surface area (Å²) >= 11 is 0. The molecule has 2 nitrogen and oxygen atoms in total. The lowest BCUT2D eigenvalue weighted by Gasteiger charge is -2.28. The number of nitrogens with zero attached hydrogens (tertiary/aromatic N) is 2. The van der Waals surface area contributed by atoms with Gasteiger partial charge in [-0.15, -0.1) is 0 Å². The number of rotatable bonds is 6. The molecule has 1 atom stereocenters. The molecule has 0 aliphatic heterocycles. The number of hydrogen-bond donors (Lipinski definition) is 0. The Balaban J connectivity index is 3.94. The molecular formula is C13H26N2. The Hall–Kier alpha value is -0.550. The van der Waals surface area contributed by atoms with Crippen LogP contribution in [0.1, 0.15) is 47.5 Å². The molecule has 0 aromatic rings. The summed E-state index contributed by atoms with van der Waals surface area (Å²) in [5, 5.41) is 8.92. The summed E-state index contributed by atoms with van der Waals surface area (Å²) in [6.07, 6.45) is 2.17. The van der Waals surface area contributed by atoms with E-state index in [0.717, 1.165) is 18.9 Å². The lowest BCUT2D eigenvalue weighted by molar-refractivity contribution is 0.207. The number of hydrogen-bond acceptors (Lipinski definition) is 2. The lowest BCUT2D eigenvalue weighted by Crippen LogP contribution is -2.33. The fourth-order valence-electron chi connectivity index (χ4n) is 1.59. The van der Waals surface area contributed by atoms with Crippen LogP contribution in [0.2, 0.25) is 0 Å². The van der Waals surface area contributed by atoms with Crippen LogP contribution in [0.5, 0.6) is 0 Å². The van der Waals surface area contributed by atoms with Crippen molar-refractivity contribution in [2.75, 3.05) is 13.6 Å². The summed E-state index contributed by atoms with van der Waals surface area (Å²) in [4.78, 5) is 2.36. The van der Waals surface area contributed by atoms with Gasteiger partial charge in [-0.1, -0.05) is 13.8 Å². The lowest BCUT2D eigenvalue weighted by atomic mass is 9.91. The molecule has 0 aliphatic rings. The van der Waals surface area contributed by atoms with E-state index >= 15 is 0 Å². The van der Waals surface area contributed by atoms with Gasteiger partial charge < -0.3 is 4.90 Å². The molecule has 15 heavy (non-hydrogen) atoms. The smallest absolute Gasteiger partial charge is 0.0684 e. The third-order valence-corrected chi connectivity index (χ3v) is 2.96. The van der Waals surface area contributed by atoms with E-state index in [9.17, 15) is 0 Å². The minimum absolute atomic E-state index is 0.189. The Bertz CT molecular complexity index is 213. The van der Waals surface area contributed by atoms with Crippen LogP contribution in [-0.2, 0) is 0 Å². The van der Waals surface area contributed by atoms with E-state index in [4.69, 9.17) is 5.26 Å². The van der Waals surface area contributed by atoms with Crippen LogP contribution in [0.3, 0.4) is 0 Å². The summed E-state index contributed by atoms with van der Waals surface area (Å²) < 4.78 is 0. The van der Waals surface area contributed by atoms with Crippen LogP contribution in [0.4, 0.5) is 0 Å². The van der Waals surface area contributed by atoms with E-state index < -0.39 is 0 Å². The monoisotopic (exact) mass is 210 g/mol. The molecule has 0 heterocycles. The SMILES string of the molecule is CC(C)CC(C)N(C)CCC(C)(C)C#N. The molecule has 88 valence electrons. The third kappa shape index (κ3) is 6.52. The van der Waals surface area contributed by atoms with E-state index in [-0.39, 0.29) is 5.41 Å². The molecule has 0 radical (unpaired) electrons. The number of nitriles is 1. The molecule has 0 fully saturated rings. The Morgan fingerprint density at radius 1 is 1.27 bits per heavy atom. The first-order valence-corrected chi connectivity index (χ1v) is 5.90. The van der Waals surface area contributed by atoms with Gasteiger partial charge in [0.2, 0.25) is 0 Å². The molecular weight excluding hydrogens is 184 g/mol. The van der Waals surface area contributed by atoms with Crippen molar-refractivity contribution in [3.8, 4) is 6.07 Å². The van der Waals surface area contributed by atoms with E-state index in [0.29, 0.717) is 6.04 Å². The topological polar surface area (TPSA) is 27.0 Å². The van der Waals surface area contributed by atoms with Crippen molar-refractivity contribution in [2.24, 2.45) is 11.3 Å². The molecule has 0 aliphatic carbocycles. The van der Waals surface area contributed by atoms with Crippen molar-refractivity contribution in [3.63, 3.8) is 0 Å². The molecule has 0 saturated heterocycles. The van der Waals surface area contributed by atoms with Crippen molar-refractivity contribution in [2.45, 2.75) is 53.5 Å². The maximum atomic E-state index is 8.92. The molecule has 0 aromatic heterocycles. The van der Waals surface area contributed by atoms with E-state index in [2.05, 4.69) is 38.8 Å². The van der Waals surface area contributed by atoms with Crippen LogP contribution in [-0.4, -0.2) is 24.5 Å². The van der Waals surface area contributed by atoms with Crippen molar-refractivity contribution < 1.29 is 0 Å². The third-order valence-electron chi connectivity index (χ3n) is 2.96. The normalized spacial score (nSPS) is 14.3. The maximum absolute atomic E-state index is 8.92. The zero-order valence-corrected chi connectivity index (χ0v) is 11.2. The predicted octanol–water partition coefficient (Wildman–Crippen LogP) is 3.29. The second-order valence-corrected chi connectivity index (χ2v) is 5.70. The van der Waals surface area contributed by atoms with Crippen LogP contribution in [0, 0.1) is 22.7 Å². The Kier molecular flexibility index (Phi) is 5.90. The van der Waals surface area contributed by atoms with Crippen molar-refractivity contribution in [1.82, 2.24) is 4.90 Å². The molecule has 2 heteroatoms. The maximum Gasteiger partial charge on any atom is 0.0684 e. The van der Waals surface area contributed by atoms with Gasteiger partial charge in [-0.25, -0.2) is 0 Å². The van der Waals surface area contributed by atoms with Crippen LogP contribution < -0.4 is 0 Å². The first-order chi connectivity index (χ1) is 6.78. The quantitative estimate of drug-likeness (QED) is 0.672. The van der Waals surface area contributed by atoms with Gasteiger partial charge in [0, 0.05) is 6.04 Å². The Labute approximate surface area is 95.3 Å². The average Bonchev–Trinajstić information content (AvgIpc) is 2.13. The molecule has 0 aromatic carbocycles. The van der Waals surface area contributed by atoms with E-state index in [1.165, 1.54) is 6.42 Å². The zero-order valence-electron chi connectivity index (χ0n) is 11.2. The van der Waals surface area contributed by atoms with Gasteiger partial charge >= 0.3 is 0 Å². The second kappa shape index (κ2) is 6.12. The molecule has 1 unspecified atom stereocenters. The molecule has 0 amide bonds. The Morgan fingerprint density at radius 2 is 1.80 bits per heavy atom. The Morgan fingerprint density at radius 3 is 2.20 bits per heavy atom. The zero-order chi connectivity index (χ0) is 12.1. The molecule has 0 saturated carbocycles. The van der Waals surface area contributed by atoms with Gasteiger partial charge in [-0.3, -0.25) is 0 Å². The largest absolute Gasteiger partial charge is 0.304 e. The van der Waals surface area contributed by atoms with Gasteiger partial charge in [-0.2, -0.15) is 5.26 Å². The minimum atomic E-state index is -0.189. The minimum Gasteiger partial charge on any atom is -0.304 e. The fraction of sp³-hybridized carbons (Fsp3) is 0.923. The van der Waals surface area contributed by atoms with E-state index in [1.54, 1.807) is 0 Å². The molecule has 0 rings (SSSR count). The highest BCUT2D eigenvalue weighted by Crippen LogP contribution is 2.20. The highest BCUT2D eigenvalue weighted by atomic mass is 15.1. The highest BCUT2D eigenvalue weighted by Gasteiger charge is 2.19. The first-order valence-electron chi connectivity index (χ1n) is 5.90. The summed E-state index contributed by atoms with van der Waals surface area (Å²) in [6.45, 7) is 11.8. The van der Waals surface area contributed by atoms with Gasteiger partial charge in [0.1, 0.15) is 0 Å². The summed E-state index contributed by atoms with van der Waals surface area (Å²) in [7, 11) is 2.15. The van der Waals surface area contributed by atoms with Gasteiger partial charge in [-0.05, 0) is 53.1 Å². The molecule has 0 N–H and O–H groups in total. The standard InChI is InChI=1S/C13H26N2/c1-11(2)9-12(3)15(6)8-7-13(4,5)10-14/h11-12H,7-9H2,1-6H3. The predicted molar refractivity (Wildman–Crippen MR) is 65.6 cm³/mol. The molecule has 0 bridgehead atoms.